The molecule has 0 saturated carbocycles. The number of ether oxygens (including phenoxy) is 1. The smallest absolute Gasteiger partial charge is 0.244 e. The van der Waals surface area contributed by atoms with Gasteiger partial charge in [0.25, 0.3) is 0 Å². The summed E-state index contributed by atoms with van der Waals surface area (Å²) in [5.41, 5.74) is 0.599. The Bertz CT molecular complexity index is 669. The normalized spacial score (nSPS) is 10.8. The van der Waals surface area contributed by atoms with Crippen molar-refractivity contribution in [2.24, 2.45) is 0 Å². The SMILES string of the molecule is COc1ccc(/C=C/C(=O)NCc2cc(Br)cs2)cc1F. The van der Waals surface area contributed by atoms with E-state index in [1.54, 1.807) is 23.5 Å². The van der Waals surface area contributed by atoms with Crippen LogP contribution in [-0.2, 0) is 11.3 Å². The summed E-state index contributed by atoms with van der Waals surface area (Å²) in [6, 6.07) is 6.48. The highest BCUT2D eigenvalue weighted by molar-refractivity contribution is 9.10. The van der Waals surface area contributed by atoms with Crippen LogP contribution in [0.15, 0.2) is 40.2 Å². The van der Waals surface area contributed by atoms with Gasteiger partial charge in [0.15, 0.2) is 11.6 Å². The summed E-state index contributed by atoms with van der Waals surface area (Å²) >= 11 is 4.92. The fourth-order valence-corrected chi connectivity index (χ4v) is 3.03. The van der Waals surface area contributed by atoms with E-state index in [2.05, 4.69) is 21.2 Å². The molecule has 0 saturated heterocycles. The van der Waals surface area contributed by atoms with Gasteiger partial charge in [-0.1, -0.05) is 6.07 Å². The number of hydrogen-bond acceptors (Lipinski definition) is 3. The summed E-state index contributed by atoms with van der Waals surface area (Å²) in [6.07, 6.45) is 2.94. The van der Waals surface area contributed by atoms with Crippen molar-refractivity contribution in [3.8, 4) is 5.75 Å². The molecule has 1 heterocycles. The molecule has 1 aromatic heterocycles. The van der Waals surface area contributed by atoms with Gasteiger partial charge in [-0.25, -0.2) is 4.39 Å². The van der Waals surface area contributed by atoms with Gasteiger partial charge in [0, 0.05) is 20.8 Å². The molecule has 6 heteroatoms. The molecule has 0 bridgehead atoms. The monoisotopic (exact) mass is 369 g/mol. The minimum atomic E-state index is -0.455. The maximum atomic E-state index is 13.5. The third kappa shape index (κ3) is 4.68. The summed E-state index contributed by atoms with van der Waals surface area (Å²) < 4.78 is 19.3. The molecule has 0 aliphatic rings. The molecule has 2 rings (SSSR count). The lowest BCUT2D eigenvalue weighted by Gasteiger charge is -2.02. The molecule has 21 heavy (non-hydrogen) atoms. The van der Waals surface area contributed by atoms with Gasteiger partial charge in [-0.3, -0.25) is 4.79 Å². The summed E-state index contributed by atoms with van der Waals surface area (Å²) in [5.74, 6) is -0.501. The van der Waals surface area contributed by atoms with Crippen LogP contribution in [0.2, 0.25) is 0 Å². The molecule has 1 aromatic carbocycles. The van der Waals surface area contributed by atoms with E-state index in [-0.39, 0.29) is 11.7 Å². The van der Waals surface area contributed by atoms with E-state index in [4.69, 9.17) is 4.74 Å². The van der Waals surface area contributed by atoms with Crippen molar-refractivity contribution in [2.45, 2.75) is 6.54 Å². The van der Waals surface area contributed by atoms with Crippen LogP contribution in [0.4, 0.5) is 4.39 Å². The van der Waals surface area contributed by atoms with Gasteiger partial charge in [0.1, 0.15) is 0 Å². The molecule has 0 unspecified atom stereocenters. The lowest BCUT2D eigenvalue weighted by atomic mass is 10.2. The number of rotatable bonds is 5. The Hall–Kier alpha value is -1.66. The summed E-state index contributed by atoms with van der Waals surface area (Å²) in [7, 11) is 1.41. The molecule has 0 aliphatic carbocycles. The van der Waals surface area contributed by atoms with Crippen LogP contribution in [0.3, 0.4) is 0 Å². The van der Waals surface area contributed by atoms with Crippen LogP contribution in [0.25, 0.3) is 6.08 Å². The van der Waals surface area contributed by atoms with Crippen molar-refractivity contribution in [1.82, 2.24) is 5.32 Å². The highest BCUT2D eigenvalue weighted by Crippen LogP contribution is 2.20. The first-order chi connectivity index (χ1) is 10.1. The van der Waals surface area contributed by atoms with Crippen molar-refractivity contribution < 1.29 is 13.9 Å². The molecule has 2 aromatic rings. The molecule has 110 valence electrons. The van der Waals surface area contributed by atoms with Crippen molar-refractivity contribution >= 4 is 39.2 Å². The molecule has 0 atom stereocenters. The minimum absolute atomic E-state index is 0.180. The summed E-state index contributed by atoms with van der Waals surface area (Å²) in [6.45, 7) is 0.469. The number of halogens is 2. The molecular weight excluding hydrogens is 357 g/mol. The average Bonchev–Trinajstić information content (AvgIpc) is 2.89. The zero-order valence-electron chi connectivity index (χ0n) is 11.2. The molecule has 1 amide bonds. The Morgan fingerprint density at radius 2 is 2.29 bits per heavy atom. The maximum Gasteiger partial charge on any atom is 0.244 e. The second-order valence-corrected chi connectivity index (χ2v) is 6.09. The van der Waals surface area contributed by atoms with Crippen LogP contribution in [0.5, 0.6) is 5.75 Å². The standard InChI is InChI=1S/C15H13BrFNO2S/c1-20-14-4-2-10(6-13(14)17)3-5-15(19)18-8-12-7-11(16)9-21-12/h2-7,9H,8H2,1H3,(H,18,19)/b5-3+. The van der Waals surface area contributed by atoms with Gasteiger partial charge < -0.3 is 10.1 Å². The van der Waals surface area contributed by atoms with Crippen LogP contribution in [-0.4, -0.2) is 13.0 Å². The number of nitrogens with one attached hydrogen (secondary N) is 1. The number of methoxy groups -OCH3 is 1. The second-order valence-electron chi connectivity index (χ2n) is 4.18. The van der Waals surface area contributed by atoms with Crippen molar-refractivity contribution in [2.75, 3.05) is 7.11 Å². The first kappa shape index (κ1) is 15.7. The van der Waals surface area contributed by atoms with E-state index < -0.39 is 5.82 Å². The number of amides is 1. The Labute approximate surface area is 134 Å². The Morgan fingerprint density at radius 1 is 1.48 bits per heavy atom. The van der Waals surface area contributed by atoms with E-state index in [1.165, 1.54) is 25.3 Å². The van der Waals surface area contributed by atoms with Gasteiger partial charge in [-0.05, 0) is 45.8 Å². The summed E-state index contributed by atoms with van der Waals surface area (Å²) in [4.78, 5) is 12.7. The highest BCUT2D eigenvalue weighted by Gasteiger charge is 2.03. The lowest BCUT2D eigenvalue weighted by molar-refractivity contribution is -0.116. The molecular formula is C15H13BrFNO2S. The predicted octanol–water partition coefficient (Wildman–Crippen LogP) is 3.99. The van der Waals surface area contributed by atoms with Crippen molar-refractivity contribution in [3.63, 3.8) is 0 Å². The molecule has 0 radical (unpaired) electrons. The topological polar surface area (TPSA) is 38.3 Å². The lowest BCUT2D eigenvalue weighted by Crippen LogP contribution is -2.19. The zero-order chi connectivity index (χ0) is 15.2. The van der Waals surface area contributed by atoms with Gasteiger partial charge in [0.2, 0.25) is 5.91 Å². The van der Waals surface area contributed by atoms with Gasteiger partial charge in [-0.15, -0.1) is 11.3 Å². The highest BCUT2D eigenvalue weighted by atomic mass is 79.9. The van der Waals surface area contributed by atoms with Crippen LogP contribution >= 0.6 is 27.3 Å². The van der Waals surface area contributed by atoms with E-state index in [9.17, 15) is 9.18 Å². The van der Waals surface area contributed by atoms with Gasteiger partial charge in [-0.2, -0.15) is 0 Å². The molecule has 0 aliphatic heterocycles. The first-order valence-electron chi connectivity index (χ1n) is 6.11. The third-order valence-electron chi connectivity index (χ3n) is 2.66. The maximum absolute atomic E-state index is 13.5. The quantitative estimate of drug-likeness (QED) is 0.809. The van der Waals surface area contributed by atoms with Gasteiger partial charge >= 0.3 is 0 Å². The second kappa shape index (κ2) is 7.38. The van der Waals surface area contributed by atoms with Crippen LogP contribution in [0, 0.1) is 5.82 Å². The number of carbonyl (C=O) groups excluding carboxylic acids is 1. The molecule has 0 fully saturated rings. The van der Waals surface area contributed by atoms with E-state index in [1.807, 2.05) is 11.4 Å². The van der Waals surface area contributed by atoms with Crippen LogP contribution in [0.1, 0.15) is 10.4 Å². The summed E-state index contributed by atoms with van der Waals surface area (Å²) in [5, 5.41) is 4.72. The first-order valence-corrected chi connectivity index (χ1v) is 7.78. The Balaban J connectivity index is 1.91. The number of benzene rings is 1. The van der Waals surface area contributed by atoms with Crippen LogP contribution < -0.4 is 10.1 Å². The Morgan fingerprint density at radius 3 is 2.90 bits per heavy atom. The van der Waals surface area contributed by atoms with Crippen molar-refractivity contribution in [1.29, 1.82) is 0 Å². The fourth-order valence-electron chi connectivity index (χ4n) is 1.64. The van der Waals surface area contributed by atoms with Gasteiger partial charge in [0.05, 0.1) is 13.7 Å². The molecule has 0 spiro atoms. The van der Waals surface area contributed by atoms with E-state index >= 15 is 0 Å². The number of hydrogen-bond donors (Lipinski definition) is 1. The van der Waals surface area contributed by atoms with E-state index in [0.717, 1.165) is 9.35 Å². The third-order valence-corrected chi connectivity index (χ3v) is 4.36. The number of thiophene rings is 1. The number of carbonyl (C=O) groups is 1. The molecule has 3 nitrogen and oxygen atoms in total. The molecule has 1 N–H and O–H groups in total. The minimum Gasteiger partial charge on any atom is -0.494 e. The van der Waals surface area contributed by atoms with E-state index in [0.29, 0.717) is 12.1 Å². The van der Waals surface area contributed by atoms with Crippen molar-refractivity contribution in [3.05, 3.63) is 56.5 Å². The fraction of sp³-hybridized carbons (Fsp3) is 0.133. The zero-order valence-corrected chi connectivity index (χ0v) is 13.6. The predicted molar refractivity (Wildman–Crippen MR) is 85.9 cm³/mol. The Kier molecular flexibility index (Phi) is 5.52. The largest absolute Gasteiger partial charge is 0.494 e. The average molecular weight is 370 g/mol.